The molecule has 0 bridgehead atoms. The van der Waals surface area contributed by atoms with E-state index >= 15 is 0 Å². The number of carbonyl (C=O) groups excluding carboxylic acids is 1. The lowest BCUT2D eigenvalue weighted by molar-refractivity contribution is -0.133. The van der Waals surface area contributed by atoms with Crippen LogP contribution in [-0.4, -0.2) is 55.8 Å². The van der Waals surface area contributed by atoms with E-state index in [9.17, 15) is 13.2 Å². The maximum atomic E-state index is 12.7. The quantitative estimate of drug-likeness (QED) is 0.790. The van der Waals surface area contributed by atoms with Gasteiger partial charge in [-0.1, -0.05) is 6.42 Å². The summed E-state index contributed by atoms with van der Waals surface area (Å²) in [6.07, 6.45) is 6.28. The number of thiophene rings is 1. The molecule has 2 aliphatic heterocycles. The van der Waals surface area contributed by atoms with Crippen molar-refractivity contribution in [1.29, 1.82) is 0 Å². The number of piperidine rings is 2. The number of hydrogen-bond acceptors (Lipinski definition) is 5. The maximum Gasteiger partial charge on any atom is 0.252 e. The molecule has 2 N–H and O–H groups in total. The van der Waals surface area contributed by atoms with Crippen LogP contribution in [0.2, 0.25) is 0 Å². The zero-order valence-corrected chi connectivity index (χ0v) is 17.4. The van der Waals surface area contributed by atoms with Crippen LogP contribution in [0.15, 0.2) is 16.3 Å². The van der Waals surface area contributed by atoms with Crippen LogP contribution in [0.5, 0.6) is 0 Å². The van der Waals surface area contributed by atoms with Gasteiger partial charge in [0.2, 0.25) is 5.91 Å². The van der Waals surface area contributed by atoms with Gasteiger partial charge in [-0.3, -0.25) is 4.79 Å². The van der Waals surface area contributed by atoms with Crippen LogP contribution in [0.25, 0.3) is 0 Å². The highest BCUT2D eigenvalue weighted by atomic mass is 35.5. The molecule has 3 rings (SSSR count). The van der Waals surface area contributed by atoms with Crippen LogP contribution in [0, 0.1) is 0 Å². The number of hydrogen-bond donors (Lipinski definition) is 1. The van der Waals surface area contributed by atoms with Crippen molar-refractivity contribution in [1.82, 2.24) is 9.21 Å². The van der Waals surface area contributed by atoms with Gasteiger partial charge in [0.25, 0.3) is 10.0 Å². The lowest BCUT2D eigenvalue weighted by atomic mass is 10.0. The number of nitrogens with zero attached hydrogens (tertiary/aromatic N) is 2. The zero-order valence-electron chi connectivity index (χ0n) is 14.9. The average molecular weight is 422 g/mol. The Balaban J connectivity index is 0.00000243. The molecule has 0 aromatic carbocycles. The smallest absolute Gasteiger partial charge is 0.252 e. The number of halogens is 1. The minimum atomic E-state index is -3.41. The van der Waals surface area contributed by atoms with E-state index < -0.39 is 10.0 Å². The van der Waals surface area contributed by atoms with Gasteiger partial charge in [-0.25, -0.2) is 8.42 Å². The summed E-state index contributed by atoms with van der Waals surface area (Å²) in [4.78, 5) is 15.3. The SMILES string of the molecule is Cl.NCC1CCCCN1C(=O)Cc1ccc(S(=O)(=O)N2CCCCC2)s1. The fourth-order valence-corrected chi connectivity index (χ4v) is 6.67. The summed E-state index contributed by atoms with van der Waals surface area (Å²) < 4.78 is 27.3. The minimum absolute atomic E-state index is 0. The van der Waals surface area contributed by atoms with Crippen molar-refractivity contribution in [2.45, 2.75) is 55.2 Å². The standard InChI is InChI=1S/C17H27N3O3S2.ClH/c18-13-14-6-2-5-11-20(14)16(21)12-15-7-8-17(24-15)25(22,23)19-9-3-1-4-10-19;/h7-8,14H,1-6,9-13,18H2;1H. The molecule has 0 saturated carbocycles. The molecule has 3 heterocycles. The first-order chi connectivity index (χ1) is 12.0. The highest BCUT2D eigenvalue weighted by molar-refractivity contribution is 7.91. The third-order valence-electron chi connectivity index (χ3n) is 5.09. The topological polar surface area (TPSA) is 83.7 Å². The Morgan fingerprint density at radius 1 is 1.12 bits per heavy atom. The summed E-state index contributed by atoms with van der Waals surface area (Å²) in [6, 6.07) is 3.55. The molecule has 9 heteroatoms. The third kappa shape index (κ3) is 4.78. The number of carbonyl (C=O) groups is 1. The van der Waals surface area contributed by atoms with Gasteiger partial charge >= 0.3 is 0 Å². The van der Waals surface area contributed by atoms with Gasteiger partial charge in [-0.2, -0.15) is 4.31 Å². The number of amides is 1. The Bertz CT molecular complexity index is 702. The molecule has 1 aromatic rings. The second kappa shape index (κ2) is 9.50. The second-order valence-corrected chi connectivity index (χ2v) is 10.2. The summed E-state index contributed by atoms with van der Waals surface area (Å²) in [5, 5.41) is 0. The van der Waals surface area contributed by atoms with E-state index in [1.807, 2.05) is 4.90 Å². The molecular weight excluding hydrogens is 394 g/mol. The summed E-state index contributed by atoms with van der Waals surface area (Å²) >= 11 is 1.23. The molecule has 0 aliphatic carbocycles. The van der Waals surface area contributed by atoms with E-state index in [1.165, 1.54) is 11.3 Å². The molecule has 26 heavy (non-hydrogen) atoms. The molecule has 2 saturated heterocycles. The molecular formula is C17H28ClN3O3S2. The van der Waals surface area contributed by atoms with Crippen LogP contribution in [0.3, 0.4) is 0 Å². The van der Waals surface area contributed by atoms with Crippen molar-refractivity contribution in [2.24, 2.45) is 5.73 Å². The Morgan fingerprint density at radius 3 is 2.50 bits per heavy atom. The number of likely N-dealkylation sites (tertiary alicyclic amines) is 1. The van der Waals surface area contributed by atoms with E-state index in [2.05, 4.69) is 0 Å². The molecule has 2 fully saturated rings. The lowest BCUT2D eigenvalue weighted by Crippen LogP contribution is -2.47. The maximum absolute atomic E-state index is 12.7. The molecule has 0 radical (unpaired) electrons. The van der Waals surface area contributed by atoms with Gasteiger partial charge in [-0.05, 0) is 44.2 Å². The molecule has 1 aromatic heterocycles. The minimum Gasteiger partial charge on any atom is -0.338 e. The summed E-state index contributed by atoms with van der Waals surface area (Å²) in [6.45, 7) is 2.44. The molecule has 2 aliphatic rings. The van der Waals surface area contributed by atoms with Crippen molar-refractivity contribution < 1.29 is 13.2 Å². The Morgan fingerprint density at radius 2 is 1.81 bits per heavy atom. The van der Waals surface area contributed by atoms with Crippen LogP contribution >= 0.6 is 23.7 Å². The van der Waals surface area contributed by atoms with Crippen LogP contribution in [-0.2, 0) is 21.2 Å². The first kappa shape index (κ1) is 21.6. The van der Waals surface area contributed by atoms with E-state index in [-0.39, 0.29) is 30.8 Å². The molecule has 6 nitrogen and oxygen atoms in total. The van der Waals surface area contributed by atoms with Gasteiger partial charge in [0, 0.05) is 37.1 Å². The largest absolute Gasteiger partial charge is 0.338 e. The molecule has 1 unspecified atom stereocenters. The van der Waals surface area contributed by atoms with E-state index in [1.54, 1.807) is 16.4 Å². The Kier molecular flexibility index (Phi) is 7.90. The fraction of sp³-hybridized carbons (Fsp3) is 0.706. The van der Waals surface area contributed by atoms with E-state index in [0.29, 0.717) is 23.8 Å². The molecule has 0 spiro atoms. The molecule has 1 amide bonds. The average Bonchev–Trinajstić information content (AvgIpc) is 3.11. The molecule has 1 atom stereocenters. The van der Waals surface area contributed by atoms with Crippen LogP contribution in [0.4, 0.5) is 0 Å². The zero-order chi connectivity index (χ0) is 17.9. The summed E-state index contributed by atoms with van der Waals surface area (Å²) in [5.41, 5.74) is 5.79. The van der Waals surface area contributed by atoms with Gasteiger partial charge in [-0.15, -0.1) is 23.7 Å². The predicted octanol–water partition coefficient (Wildman–Crippen LogP) is 2.23. The highest BCUT2D eigenvalue weighted by Crippen LogP contribution is 2.28. The Hall–Kier alpha value is -0.670. The number of sulfonamides is 1. The number of rotatable bonds is 5. The first-order valence-electron chi connectivity index (χ1n) is 9.11. The molecule has 148 valence electrons. The van der Waals surface area contributed by atoms with E-state index in [0.717, 1.165) is 49.9 Å². The summed E-state index contributed by atoms with van der Waals surface area (Å²) in [7, 11) is -3.41. The van der Waals surface area contributed by atoms with Crippen LogP contribution < -0.4 is 5.73 Å². The van der Waals surface area contributed by atoms with Gasteiger partial charge in [0.05, 0.1) is 6.42 Å². The monoisotopic (exact) mass is 421 g/mol. The van der Waals surface area contributed by atoms with Crippen molar-refractivity contribution in [3.63, 3.8) is 0 Å². The summed E-state index contributed by atoms with van der Waals surface area (Å²) in [5.74, 6) is 0.0546. The van der Waals surface area contributed by atoms with Gasteiger partial charge < -0.3 is 10.6 Å². The lowest BCUT2D eigenvalue weighted by Gasteiger charge is -2.35. The van der Waals surface area contributed by atoms with Crippen molar-refractivity contribution in [2.75, 3.05) is 26.2 Å². The Labute approximate surface area is 166 Å². The van der Waals surface area contributed by atoms with Crippen molar-refractivity contribution >= 4 is 39.7 Å². The highest BCUT2D eigenvalue weighted by Gasteiger charge is 2.29. The third-order valence-corrected chi connectivity index (χ3v) is 8.54. The fourth-order valence-electron chi connectivity index (χ4n) is 3.65. The predicted molar refractivity (Wildman–Crippen MR) is 106 cm³/mol. The second-order valence-electron chi connectivity index (χ2n) is 6.83. The number of nitrogens with two attached hydrogens (primary N) is 1. The van der Waals surface area contributed by atoms with Crippen LogP contribution in [0.1, 0.15) is 43.4 Å². The van der Waals surface area contributed by atoms with Crippen molar-refractivity contribution in [3.8, 4) is 0 Å². The van der Waals surface area contributed by atoms with E-state index in [4.69, 9.17) is 5.73 Å². The van der Waals surface area contributed by atoms with Gasteiger partial charge in [0.15, 0.2) is 0 Å². The van der Waals surface area contributed by atoms with Gasteiger partial charge in [0.1, 0.15) is 4.21 Å². The normalized spacial score (nSPS) is 22.0. The first-order valence-corrected chi connectivity index (χ1v) is 11.4. The van der Waals surface area contributed by atoms with Crippen molar-refractivity contribution in [3.05, 3.63) is 17.0 Å².